The SMILES string of the molecule is Cc1ccccc1C(NC(=O)c1ccc(N(Cc2ccc(Cl)cc2)S(C)(=O)=O)cc1)c1ccccc1. The summed E-state index contributed by atoms with van der Waals surface area (Å²) in [7, 11) is -3.56. The molecule has 0 aromatic heterocycles. The molecule has 0 spiro atoms. The zero-order chi connectivity index (χ0) is 25.7. The van der Waals surface area contributed by atoms with E-state index in [4.69, 9.17) is 11.6 Å². The van der Waals surface area contributed by atoms with Crippen LogP contribution in [0.3, 0.4) is 0 Å². The number of nitrogens with zero attached hydrogens (tertiary/aromatic N) is 1. The Bertz CT molecular complexity index is 1440. The summed E-state index contributed by atoms with van der Waals surface area (Å²) in [5, 5.41) is 3.73. The van der Waals surface area contributed by atoms with Gasteiger partial charge in [-0.15, -0.1) is 0 Å². The van der Waals surface area contributed by atoms with Crippen LogP contribution >= 0.6 is 11.6 Å². The fourth-order valence-corrected chi connectivity index (χ4v) is 5.06. The molecule has 0 bridgehead atoms. The van der Waals surface area contributed by atoms with Gasteiger partial charge in [-0.25, -0.2) is 8.42 Å². The summed E-state index contributed by atoms with van der Waals surface area (Å²) < 4.78 is 26.4. The number of halogens is 1. The second kappa shape index (κ2) is 11.0. The first kappa shape index (κ1) is 25.5. The van der Waals surface area contributed by atoms with Crippen LogP contribution in [0.2, 0.25) is 5.02 Å². The summed E-state index contributed by atoms with van der Waals surface area (Å²) in [5.74, 6) is -0.248. The highest BCUT2D eigenvalue weighted by atomic mass is 35.5. The molecular formula is C29H27ClN2O3S. The minimum absolute atomic E-state index is 0.158. The van der Waals surface area contributed by atoms with Crippen LogP contribution in [0.1, 0.15) is 38.7 Å². The van der Waals surface area contributed by atoms with E-state index < -0.39 is 10.0 Å². The second-order valence-electron chi connectivity index (χ2n) is 8.62. The van der Waals surface area contributed by atoms with Gasteiger partial charge in [0.2, 0.25) is 10.0 Å². The molecule has 5 nitrogen and oxygen atoms in total. The van der Waals surface area contributed by atoms with Gasteiger partial charge in [-0.1, -0.05) is 78.3 Å². The number of rotatable bonds is 8. The van der Waals surface area contributed by atoms with E-state index in [1.165, 1.54) is 4.31 Å². The molecule has 0 fully saturated rings. The highest BCUT2D eigenvalue weighted by Gasteiger charge is 2.21. The minimum Gasteiger partial charge on any atom is -0.341 e. The van der Waals surface area contributed by atoms with E-state index in [1.54, 1.807) is 48.5 Å². The lowest BCUT2D eigenvalue weighted by atomic mass is 9.94. The molecular weight excluding hydrogens is 492 g/mol. The van der Waals surface area contributed by atoms with Crippen LogP contribution in [-0.2, 0) is 16.6 Å². The van der Waals surface area contributed by atoms with Gasteiger partial charge in [-0.2, -0.15) is 0 Å². The van der Waals surface area contributed by atoms with Crippen LogP contribution in [0, 0.1) is 6.92 Å². The van der Waals surface area contributed by atoms with E-state index in [1.807, 2.05) is 61.5 Å². The molecule has 0 aliphatic carbocycles. The van der Waals surface area contributed by atoms with Crippen LogP contribution in [-0.4, -0.2) is 20.6 Å². The summed E-state index contributed by atoms with van der Waals surface area (Å²) in [6.07, 6.45) is 1.16. The van der Waals surface area contributed by atoms with Crippen LogP contribution in [0.4, 0.5) is 5.69 Å². The van der Waals surface area contributed by atoms with E-state index in [9.17, 15) is 13.2 Å². The van der Waals surface area contributed by atoms with Crippen molar-refractivity contribution in [3.8, 4) is 0 Å². The number of benzene rings is 4. The lowest BCUT2D eigenvalue weighted by Crippen LogP contribution is -2.30. The van der Waals surface area contributed by atoms with Gasteiger partial charge >= 0.3 is 0 Å². The Hall–Kier alpha value is -3.61. The van der Waals surface area contributed by atoms with Crippen molar-refractivity contribution >= 4 is 33.2 Å². The van der Waals surface area contributed by atoms with E-state index in [2.05, 4.69) is 5.32 Å². The first-order valence-corrected chi connectivity index (χ1v) is 13.7. The Labute approximate surface area is 217 Å². The Kier molecular flexibility index (Phi) is 7.77. The zero-order valence-electron chi connectivity index (χ0n) is 20.1. The quantitative estimate of drug-likeness (QED) is 0.305. The second-order valence-corrected chi connectivity index (χ2v) is 11.0. The normalized spacial score (nSPS) is 12.1. The van der Waals surface area contributed by atoms with Crippen LogP contribution in [0.15, 0.2) is 103 Å². The van der Waals surface area contributed by atoms with E-state index >= 15 is 0 Å². The van der Waals surface area contributed by atoms with Crippen LogP contribution < -0.4 is 9.62 Å². The first-order chi connectivity index (χ1) is 17.2. The van der Waals surface area contributed by atoms with Crippen molar-refractivity contribution in [2.45, 2.75) is 19.5 Å². The minimum atomic E-state index is -3.56. The number of sulfonamides is 1. The molecule has 1 amide bonds. The molecule has 0 aliphatic rings. The topological polar surface area (TPSA) is 66.5 Å². The number of anilines is 1. The van der Waals surface area contributed by atoms with Crippen molar-refractivity contribution in [2.24, 2.45) is 0 Å². The number of amides is 1. The fraction of sp³-hybridized carbons (Fsp3) is 0.138. The maximum atomic E-state index is 13.3. The third-order valence-electron chi connectivity index (χ3n) is 5.97. The predicted molar refractivity (Wildman–Crippen MR) is 146 cm³/mol. The third kappa shape index (κ3) is 6.14. The Morgan fingerprint density at radius 3 is 2.08 bits per heavy atom. The smallest absolute Gasteiger partial charge is 0.252 e. The molecule has 1 unspecified atom stereocenters. The lowest BCUT2D eigenvalue weighted by molar-refractivity contribution is 0.0943. The maximum absolute atomic E-state index is 13.3. The van der Waals surface area contributed by atoms with Crippen molar-refractivity contribution in [3.63, 3.8) is 0 Å². The van der Waals surface area contributed by atoms with Gasteiger partial charge in [0, 0.05) is 10.6 Å². The van der Waals surface area contributed by atoms with E-state index in [0.717, 1.165) is 28.5 Å². The largest absolute Gasteiger partial charge is 0.341 e. The molecule has 0 heterocycles. The van der Waals surface area contributed by atoms with Crippen LogP contribution in [0.5, 0.6) is 0 Å². The summed E-state index contributed by atoms with van der Waals surface area (Å²) >= 11 is 5.96. The monoisotopic (exact) mass is 518 g/mol. The number of aryl methyl sites for hydroxylation is 1. The number of hydrogen-bond donors (Lipinski definition) is 1. The highest BCUT2D eigenvalue weighted by Crippen LogP contribution is 2.26. The van der Waals surface area contributed by atoms with Gasteiger partial charge in [0.1, 0.15) is 0 Å². The Balaban J connectivity index is 1.58. The zero-order valence-corrected chi connectivity index (χ0v) is 21.6. The standard InChI is InChI=1S/C29H27ClN2O3S/c1-21-8-6-7-11-27(21)28(23-9-4-3-5-10-23)31-29(33)24-14-18-26(19-15-24)32(36(2,34)35)20-22-12-16-25(30)17-13-22/h3-19,28H,20H2,1-2H3,(H,31,33). The van der Waals surface area contributed by atoms with Crippen molar-refractivity contribution in [1.29, 1.82) is 0 Å². The molecule has 0 aliphatic heterocycles. The van der Waals surface area contributed by atoms with Gasteiger partial charge < -0.3 is 5.32 Å². The molecule has 7 heteroatoms. The predicted octanol–water partition coefficient (Wildman–Crippen LogP) is 6.13. The lowest BCUT2D eigenvalue weighted by Gasteiger charge is -2.23. The third-order valence-corrected chi connectivity index (χ3v) is 7.36. The van der Waals surface area contributed by atoms with Gasteiger partial charge in [-0.3, -0.25) is 9.10 Å². The molecule has 0 saturated carbocycles. The summed E-state index contributed by atoms with van der Waals surface area (Å²) in [4.78, 5) is 13.3. The molecule has 184 valence electrons. The van der Waals surface area contributed by atoms with Gasteiger partial charge in [0.25, 0.3) is 5.91 Å². The number of nitrogens with one attached hydrogen (secondary N) is 1. The summed E-state index contributed by atoms with van der Waals surface area (Å²) in [5.41, 5.74) is 4.78. The van der Waals surface area contributed by atoms with Gasteiger partial charge in [0.15, 0.2) is 0 Å². The number of carbonyl (C=O) groups is 1. The highest BCUT2D eigenvalue weighted by molar-refractivity contribution is 7.92. The van der Waals surface area contributed by atoms with Gasteiger partial charge in [0.05, 0.1) is 24.5 Å². The molecule has 0 radical (unpaired) electrons. The molecule has 4 rings (SSSR count). The van der Waals surface area contributed by atoms with Crippen molar-refractivity contribution in [1.82, 2.24) is 5.32 Å². The van der Waals surface area contributed by atoms with Crippen LogP contribution in [0.25, 0.3) is 0 Å². The Morgan fingerprint density at radius 2 is 1.47 bits per heavy atom. The molecule has 4 aromatic carbocycles. The molecule has 36 heavy (non-hydrogen) atoms. The Morgan fingerprint density at radius 1 is 0.861 bits per heavy atom. The van der Waals surface area contributed by atoms with Crippen molar-refractivity contribution in [3.05, 3.63) is 136 Å². The molecule has 1 atom stereocenters. The molecule has 1 N–H and O–H groups in total. The van der Waals surface area contributed by atoms with Gasteiger partial charge in [-0.05, 0) is 65.6 Å². The van der Waals surface area contributed by atoms with Crippen molar-refractivity contribution < 1.29 is 13.2 Å². The number of carbonyl (C=O) groups excluding carboxylic acids is 1. The summed E-state index contributed by atoms with van der Waals surface area (Å²) in [6.45, 7) is 2.18. The van der Waals surface area contributed by atoms with E-state index in [-0.39, 0.29) is 18.5 Å². The average Bonchev–Trinajstić information content (AvgIpc) is 2.87. The first-order valence-electron chi connectivity index (χ1n) is 11.5. The van der Waals surface area contributed by atoms with E-state index in [0.29, 0.717) is 16.3 Å². The number of hydrogen-bond acceptors (Lipinski definition) is 3. The molecule has 4 aromatic rings. The fourth-order valence-electron chi connectivity index (χ4n) is 4.05. The summed E-state index contributed by atoms with van der Waals surface area (Å²) in [6, 6.07) is 31.1. The van der Waals surface area contributed by atoms with Crippen molar-refractivity contribution in [2.75, 3.05) is 10.6 Å². The maximum Gasteiger partial charge on any atom is 0.252 e. The average molecular weight is 519 g/mol. The molecule has 0 saturated heterocycles.